The van der Waals surface area contributed by atoms with Crippen molar-refractivity contribution in [1.82, 2.24) is 9.97 Å². The fraction of sp³-hybridized carbons (Fsp3) is 0.130. The van der Waals surface area contributed by atoms with E-state index >= 15 is 0 Å². The molecule has 5 heteroatoms. The summed E-state index contributed by atoms with van der Waals surface area (Å²) in [7, 11) is 2.01. The maximum atomic E-state index is 5.41. The maximum absolute atomic E-state index is 5.41. The van der Waals surface area contributed by atoms with Crippen LogP contribution in [0.15, 0.2) is 89.5 Å². The van der Waals surface area contributed by atoms with Crippen molar-refractivity contribution < 1.29 is 4.42 Å². The Labute approximate surface area is 164 Å². The van der Waals surface area contributed by atoms with Crippen LogP contribution in [0, 0.1) is 0 Å². The van der Waals surface area contributed by atoms with E-state index in [0.717, 1.165) is 29.4 Å². The number of benzene rings is 2. The summed E-state index contributed by atoms with van der Waals surface area (Å²) in [4.78, 5) is 11.6. The number of anilines is 2. The number of nitrogens with one attached hydrogen (secondary N) is 1. The third kappa shape index (κ3) is 4.38. The molecule has 5 nitrogen and oxygen atoms in total. The minimum Gasteiger partial charge on any atom is -0.467 e. The van der Waals surface area contributed by atoms with Crippen LogP contribution < -0.4 is 10.2 Å². The first-order valence-electron chi connectivity index (χ1n) is 9.24. The van der Waals surface area contributed by atoms with Crippen molar-refractivity contribution in [3.8, 4) is 11.3 Å². The van der Waals surface area contributed by atoms with Crippen LogP contribution in [0.25, 0.3) is 11.3 Å². The van der Waals surface area contributed by atoms with Crippen LogP contribution in [0.4, 0.5) is 11.8 Å². The Kier molecular flexibility index (Phi) is 5.33. The number of hydrogen-bond acceptors (Lipinski definition) is 5. The van der Waals surface area contributed by atoms with Gasteiger partial charge in [-0.15, -0.1) is 0 Å². The van der Waals surface area contributed by atoms with E-state index in [2.05, 4.69) is 34.5 Å². The van der Waals surface area contributed by atoms with Crippen molar-refractivity contribution in [3.05, 3.63) is 96.4 Å². The summed E-state index contributed by atoms with van der Waals surface area (Å²) in [6.07, 6.45) is 1.67. The summed E-state index contributed by atoms with van der Waals surface area (Å²) in [5, 5.41) is 3.34. The lowest BCUT2D eigenvalue weighted by Crippen LogP contribution is -2.20. The average molecular weight is 370 g/mol. The second kappa shape index (κ2) is 8.39. The van der Waals surface area contributed by atoms with Crippen molar-refractivity contribution in [1.29, 1.82) is 0 Å². The minimum atomic E-state index is 0.570. The smallest absolute Gasteiger partial charge is 0.227 e. The molecule has 0 saturated heterocycles. The zero-order chi connectivity index (χ0) is 19.2. The van der Waals surface area contributed by atoms with Crippen LogP contribution in [-0.4, -0.2) is 17.0 Å². The van der Waals surface area contributed by atoms with Crippen LogP contribution in [0.5, 0.6) is 0 Å². The summed E-state index contributed by atoms with van der Waals surface area (Å²) in [5.41, 5.74) is 3.15. The lowest BCUT2D eigenvalue weighted by Gasteiger charge is -2.19. The van der Waals surface area contributed by atoms with Gasteiger partial charge in [0.2, 0.25) is 5.95 Å². The van der Waals surface area contributed by atoms with Gasteiger partial charge in [0.15, 0.2) is 0 Å². The van der Waals surface area contributed by atoms with Gasteiger partial charge in [0.05, 0.1) is 18.5 Å². The molecule has 0 atom stereocenters. The zero-order valence-electron chi connectivity index (χ0n) is 15.7. The lowest BCUT2D eigenvalue weighted by atomic mass is 10.1. The molecule has 0 fully saturated rings. The Bertz CT molecular complexity index is 1000. The topological polar surface area (TPSA) is 54.2 Å². The van der Waals surface area contributed by atoms with E-state index in [4.69, 9.17) is 14.4 Å². The lowest BCUT2D eigenvalue weighted by molar-refractivity contribution is 0.518. The highest BCUT2D eigenvalue weighted by Crippen LogP contribution is 2.23. The number of furan rings is 1. The van der Waals surface area contributed by atoms with E-state index in [1.807, 2.05) is 61.6 Å². The molecule has 4 aromatic rings. The highest BCUT2D eigenvalue weighted by Gasteiger charge is 2.11. The van der Waals surface area contributed by atoms with Gasteiger partial charge in [0, 0.05) is 25.2 Å². The molecule has 0 aliphatic carbocycles. The largest absolute Gasteiger partial charge is 0.467 e. The predicted octanol–water partition coefficient (Wildman–Crippen LogP) is 4.99. The molecule has 0 amide bonds. The van der Waals surface area contributed by atoms with Crippen LogP contribution >= 0.6 is 0 Å². The molecule has 0 aliphatic heterocycles. The van der Waals surface area contributed by atoms with Crippen LogP contribution in [0.3, 0.4) is 0 Å². The highest BCUT2D eigenvalue weighted by atomic mass is 16.3. The molecular weight excluding hydrogens is 348 g/mol. The highest BCUT2D eigenvalue weighted by molar-refractivity contribution is 5.64. The minimum absolute atomic E-state index is 0.570. The average Bonchev–Trinajstić information content (AvgIpc) is 3.27. The maximum Gasteiger partial charge on any atom is 0.227 e. The first-order valence-corrected chi connectivity index (χ1v) is 9.24. The van der Waals surface area contributed by atoms with Gasteiger partial charge in [0.25, 0.3) is 0 Å². The molecule has 140 valence electrons. The fourth-order valence-electron chi connectivity index (χ4n) is 2.97. The standard InChI is InChI=1S/C23H22N4O/c1-27(17-18-9-4-2-5-10-18)23-25-21(19-11-6-3-7-12-19)15-22(26-23)24-16-20-13-8-14-28-20/h2-15H,16-17H2,1H3,(H,24,25,26). The van der Waals surface area contributed by atoms with Crippen LogP contribution in [-0.2, 0) is 13.1 Å². The molecular formula is C23H22N4O. The molecule has 4 rings (SSSR count). The number of aromatic nitrogens is 2. The van der Waals surface area contributed by atoms with Crippen molar-refractivity contribution >= 4 is 11.8 Å². The molecule has 0 radical (unpaired) electrons. The van der Waals surface area contributed by atoms with E-state index in [1.165, 1.54) is 5.56 Å². The summed E-state index contributed by atoms with van der Waals surface area (Å²) in [5.74, 6) is 2.30. The number of hydrogen-bond donors (Lipinski definition) is 1. The first kappa shape index (κ1) is 17.8. The van der Waals surface area contributed by atoms with Crippen molar-refractivity contribution in [2.24, 2.45) is 0 Å². The summed E-state index contributed by atoms with van der Waals surface area (Å²) in [6, 6.07) is 26.2. The quantitative estimate of drug-likeness (QED) is 0.497. The Morgan fingerprint density at radius 3 is 2.36 bits per heavy atom. The molecule has 2 heterocycles. The summed E-state index contributed by atoms with van der Waals surface area (Å²) in [6.45, 7) is 1.30. The van der Waals surface area contributed by atoms with E-state index in [9.17, 15) is 0 Å². The fourth-order valence-corrected chi connectivity index (χ4v) is 2.97. The van der Waals surface area contributed by atoms with Gasteiger partial charge in [-0.05, 0) is 17.7 Å². The SMILES string of the molecule is CN(Cc1ccccc1)c1nc(NCc2ccco2)cc(-c2ccccc2)n1. The second-order valence-electron chi connectivity index (χ2n) is 6.58. The normalized spacial score (nSPS) is 10.6. The molecule has 0 saturated carbocycles. The van der Waals surface area contributed by atoms with Crippen molar-refractivity contribution in [3.63, 3.8) is 0 Å². The Balaban J connectivity index is 1.63. The molecule has 2 aromatic carbocycles. The van der Waals surface area contributed by atoms with E-state index in [-0.39, 0.29) is 0 Å². The molecule has 0 aliphatic rings. The molecule has 28 heavy (non-hydrogen) atoms. The predicted molar refractivity (Wildman–Crippen MR) is 112 cm³/mol. The van der Waals surface area contributed by atoms with Crippen LogP contribution in [0.2, 0.25) is 0 Å². The van der Waals surface area contributed by atoms with Gasteiger partial charge in [-0.1, -0.05) is 60.7 Å². The first-order chi connectivity index (χ1) is 13.8. The number of nitrogens with zero attached hydrogens (tertiary/aromatic N) is 3. The van der Waals surface area contributed by atoms with Crippen molar-refractivity contribution in [2.75, 3.05) is 17.3 Å². The Morgan fingerprint density at radius 2 is 1.64 bits per heavy atom. The van der Waals surface area contributed by atoms with Gasteiger partial charge in [-0.3, -0.25) is 0 Å². The van der Waals surface area contributed by atoms with Crippen molar-refractivity contribution in [2.45, 2.75) is 13.1 Å². The molecule has 1 N–H and O–H groups in total. The van der Waals surface area contributed by atoms with Gasteiger partial charge >= 0.3 is 0 Å². The monoisotopic (exact) mass is 370 g/mol. The van der Waals surface area contributed by atoms with Gasteiger partial charge in [-0.2, -0.15) is 4.98 Å². The molecule has 2 aromatic heterocycles. The van der Waals surface area contributed by atoms with E-state index in [1.54, 1.807) is 6.26 Å². The third-order valence-electron chi connectivity index (χ3n) is 4.41. The Hall–Kier alpha value is -3.60. The summed E-state index contributed by atoms with van der Waals surface area (Å²) < 4.78 is 5.41. The Morgan fingerprint density at radius 1 is 0.893 bits per heavy atom. The third-order valence-corrected chi connectivity index (χ3v) is 4.41. The zero-order valence-corrected chi connectivity index (χ0v) is 15.7. The van der Waals surface area contributed by atoms with Gasteiger partial charge < -0.3 is 14.6 Å². The second-order valence-corrected chi connectivity index (χ2v) is 6.58. The molecule has 0 unspecified atom stereocenters. The molecule has 0 bridgehead atoms. The number of rotatable bonds is 7. The van der Waals surface area contributed by atoms with E-state index in [0.29, 0.717) is 12.5 Å². The van der Waals surface area contributed by atoms with E-state index < -0.39 is 0 Å². The van der Waals surface area contributed by atoms with Gasteiger partial charge in [0.1, 0.15) is 11.6 Å². The summed E-state index contributed by atoms with van der Waals surface area (Å²) >= 11 is 0. The van der Waals surface area contributed by atoms with Gasteiger partial charge in [-0.25, -0.2) is 4.98 Å². The van der Waals surface area contributed by atoms with Crippen LogP contribution in [0.1, 0.15) is 11.3 Å². The molecule has 0 spiro atoms.